The molecule has 3 rings (SSSR count). The predicted octanol–water partition coefficient (Wildman–Crippen LogP) is 1.51. The standard InChI is InChI=1S/C13H13N5O/c1-6-3-4-7(2)8(5-6)10-15-9-11(16-10)17-13(14)18-12(9)19/h3-5H,1-2H3,(H4,14,15,16,17,18,19). The van der Waals surface area contributed by atoms with Crippen LogP contribution in [0.3, 0.4) is 0 Å². The number of rotatable bonds is 1. The smallest absolute Gasteiger partial charge is 0.278 e. The van der Waals surface area contributed by atoms with Crippen LogP contribution >= 0.6 is 0 Å². The van der Waals surface area contributed by atoms with Crippen LogP contribution in [0, 0.1) is 13.8 Å². The zero-order valence-corrected chi connectivity index (χ0v) is 10.6. The van der Waals surface area contributed by atoms with Crippen molar-refractivity contribution in [1.82, 2.24) is 19.9 Å². The quantitative estimate of drug-likeness (QED) is 0.613. The van der Waals surface area contributed by atoms with Crippen LogP contribution in [0.4, 0.5) is 5.95 Å². The molecule has 0 radical (unpaired) electrons. The fourth-order valence-corrected chi connectivity index (χ4v) is 2.04. The Balaban J connectivity index is 2.29. The minimum atomic E-state index is -0.313. The number of H-pyrrole nitrogens is 2. The van der Waals surface area contributed by atoms with E-state index in [1.165, 1.54) is 0 Å². The number of fused-ring (bicyclic) bond motifs is 1. The Morgan fingerprint density at radius 2 is 1.95 bits per heavy atom. The molecule has 0 fully saturated rings. The van der Waals surface area contributed by atoms with Crippen molar-refractivity contribution >= 4 is 17.1 Å². The van der Waals surface area contributed by atoms with Gasteiger partial charge in [-0.05, 0) is 25.5 Å². The molecule has 0 saturated carbocycles. The van der Waals surface area contributed by atoms with Gasteiger partial charge >= 0.3 is 0 Å². The minimum Gasteiger partial charge on any atom is -0.369 e. The molecule has 3 aromatic rings. The third kappa shape index (κ3) is 1.87. The van der Waals surface area contributed by atoms with Crippen LogP contribution in [-0.2, 0) is 0 Å². The van der Waals surface area contributed by atoms with Gasteiger partial charge in [-0.25, -0.2) is 4.98 Å². The summed E-state index contributed by atoms with van der Waals surface area (Å²) < 4.78 is 0. The van der Waals surface area contributed by atoms with Crippen molar-refractivity contribution in [3.63, 3.8) is 0 Å². The summed E-state index contributed by atoms with van der Waals surface area (Å²) in [5.41, 5.74) is 9.02. The average molecular weight is 255 g/mol. The van der Waals surface area contributed by atoms with E-state index in [0.29, 0.717) is 17.0 Å². The summed E-state index contributed by atoms with van der Waals surface area (Å²) in [6.45, 7) is 4.00. The highest BCUT2D eigenvalue weighted by Crippen LogP contribution is 2.23. The number of imidazole rings is 1. The van der Waals surface area contributed by atoms with E-state index < -0.39 is 0 Å². The number of anilines is 1. The molecule has 0 aliphatic carbocycles. The summed E-state index contributed by atoms with van der Waals surface area (Å²) in [5.74, 6) is 0.691. The molecule has 0 aliphatic rings. The van der Waals surface area contributed by atoms with E-state index in [2.05, 4.69) is 19.9 Å². The molecule has 2 heterocycles. The fraction of sp³-hybridized carbons (Fsp3) is 0.154. The second-order valence-corrected chi connectivity index (χ2v) is 4.55. The van der Waals surface area contributed by atoms with Crippen molar-refractivity contribution in [1.29, 1.82) is 0 Å². The zero-order valence-electron chi connectivity index (χ0n) is 10.6. The van der Waals surface area contributed by atoms with Crippen molar-refractivity contribution in [3.05, 3.63) is 39.7 Å². The van der Waals surface area contributed by atoms with Crippen molar-refractivity contribution in [2.45, 2.75) is 13.8 Å². The first-order valence-electron chi connectivity index (χ1n) is 5.88. The van der Waals surface area contributed by atoms with E-state index in [1.807, 2.05) is 32.0 Å². The molecule has 0 unspecified atom stereocenters. The lowest BCUT2D eigenvalue weighted by molar-refractivity contribution is 1.17. The second kappa shape index (κ2) is 3.94. The number of nitrogens with zero attached hydrogens (tertiary/aromatic N) is 2. The monoisotopic (exact) mass is 255 g/mol. The molecule has 6 heteroatoms. The molecule has 0 spiro atoms. The van der Waals surface area contributed by atoms with Gasteiger partial charge in [-0.3, -0.25) is 9.78 Å². The molecule has 0 saturated heterocycles. The summed E-state index contributed by atoms with van der Waals surface area (Å²) >= 11 is 0. The van der Waals surface area contributed by atoms with Crippen LogP contribution in [0.25, 0.3) is 22.6 Å². The molecule has 96 valence electrons. The molecule has 0 amide bonds. The minimum absolute atomic E-state index is 0.0662. The van der Waals surface area contributed by atoms with E-state index in [4.69, 9.17) is 5.73 Å². The van der Waals surface area contributed by atoms with Gasteiger partial charge in [0.1, 0.15) is 5.82 Å². The fourth-order valence-electron chi connectivity index (χ4n) is 2.04. The van der Waals surface area contributed by atoms with Crippen LogP contribution in [-0.4, -0.2) is 19.9 Å². The molecule has 0 bridgehead atoms. The van der Waals surface area contributed by atoms with Gasteiger partial charge in [0.25, 0.3) is 5.56 Å². The van der Waals surface area contributed by atoms with E-state index in [-0.39, 0.29) is 11.5 Å². The second-order valence-electron chi connectivity index (χ2n) is 4.55. The first-order chi connectivity index (χ1) is 9.04. The molecule has 1 aromatic carbocycles. The number of aromatic nitrogens is 4. The molecule has 2 aromatic heterocycles. The van der Waals surface area contributed by atoms with E-state index in [0.717, 1.165) is 16.7 Å². The summed E-state index contributed by atoms with van der Waals surface area (Å²) in [4.78, 5) is 25.6. The highest BCUT2D eigenvalue weighted by Gasteiger charge is 2.11. The topological polar surface area (TPSA) is 100 Å². The number of nitrogens with one attached hydrogen (secondary N) is 2. The third-order valence-electron chi connectivity index (χ3n) is 3.03. The first-order valence-corrected chi connectivity index (χ1v) is 5.88. The van der Waals surface area contributed by atoms with Gasteiger partial charge in [-0.1, -0.05) is 17.7 Å². The SMILES string of the molecule is Cc1ccc(C)c(-c2nc3nc(N)[nH]c(=O)c3[nH]2)c1. The molecular weight excluding hydrogens is 242 g/mol. The van der Waals surface area contributed by atoms with Crippen LogP contribution in [0.5, 0.6) is 0 Å². The Kier molecular flexibility index (Phi) is 2.38. The molecule has 6 nitrogen and oxygen atoms in total. The van der Waals surface area contributed by atoms with Gasteiger partial charge < -0.3 is 10.7 Å². The van der Waals surface area contributed by atoms with Crippen molar-refractivity contribution in [2.75, 3.05) is 5.73 Å². The van der Waals surface area contributed by atoms with Gasteiger partial charge in [0.2, 0.25) is 5.95 Å². The zero-order chi connectivity index (χ0) is 13.6. The Labute approximate surface area is 108 Å². The van der Waals surface area contributed by atoms with E-state index in [9.17, 15) is 4.79 Å². The van der Waals surface area contributed by atoms with Gasteiger partial charge in [-0.2, -0.15) is 4.98 Å². The number of aryl methyl sites for hydroxylation is 2. The number of hydrogen-bond acceptors (Lipinski definition) is 4. The normalized spacial score (nSPS) is 11.1. The average Bonchev–Trinajstić information content (AvgIpc) is 2.76. The summed E-state index contributed by atoms with van der Waals surface area (Å²) in [7, 11) is 0. The number of nitrogens with two attached hydrogens (primary N) is 1. The maximum absolute atomic E-state index is 11.7. The molecule has 0 atom stereocenters. The highest BCUT2D eigenvalue weighted by atomic mass is 16.1. The Hall–Kier alpha value is -2.63. The van der Waals surface area contributed by atoms with Gasteiger partial charge in [0.15, 0.2) is 11.2 Å². The molecular formula is C13H13N5O. The Morgan fingerprint density at radius 3 is 2.74 bits per heavy atom. The van der Waals surface area contributed by atoms with Crippen molar-refractivity contribution in [3.8, 4) is 11.4 Å². The molecule has 19 heavy (non-hydrogen) atoms. The van der Waals surface area contributed by atoms with Crippen LogP contribution < -0.4 is 11.3 Å². The lowest BCUT2D eigenvalue weighted by Crippen LogP contribution is -2.10. The molecule has 4 N–H and O–H groups in total. The Morgan fingerprint density at radius 1 is 1.16 bits per heavy atom. The largest absolute Gasteiger partial charge is 0.369 e. The lowest BCUT2D eigenvalue weighted by Gasteiger charge is -2.03. The number of nitrogen functional groups attached to an aromatic ring is 1. The van der Waals surface area contributed by atoms with Crippen LogP contribution in [0.15, 0.2) is 23.0 Å². The third-order valence-corrected chi connectivity index (χ3v) is 3.03. The number of aromatic amines is 2. The van der Waals surface area contributed by atoms with E-state index >= 15 is 0 Å². The van der Waals surface area contributed by atoms with Gasteiger partial charge in [0, 0.05) is 5.56 Å². The summed E-state index contributed by atoms with van der Waals surface area (Å²) in [6.07, 6.45) is 0. The number of hydrogen-bond donors (Lipinski definition) is 3. The van der Waals surface area contributed by atoms with Gasteiger partial charge in [-0.15, -0.1) is 0 Å². The van der Waals surface area contributed by atoms with Crippen molar-refractivity contribution < 1.29 is 0 Å². The summed E-state index contributed by atoms with van der Waals surface area (Å²) in [6, 6.07) is 6.07. The number of benzene rings is 1. The summed E-state index contributed by atoms with van der Waals surface area (Å²) in [5, 5.41) is 0. The maximum atomic E-state index is 11.7. The van der Waals surface area contributed by atoms with Crippen LogP contribution in [0.2, 0.25) is 0 Å². The first kappa shape index (κ1) is 11.5. The maximum Gasteiger partial charge on any atom is 0.278 e. The highest BCUT2D eigenvalue weighted by molar-refractivity contribution is 5.76. The Bertz CT molecular complexity index is 831. The predicted molar refractivity (Wildman–Crippen MR) is 73.8 cm³/mol. The van der Waals surface area contributed by atoms with Crippen LogP contribution in [0.1, 0.15) is 11.1 Å². The molecule has 0 aliphatic heterocycles. The van der Waals surface area contributed by atoms with Crippen molar-refractivity contribution in [2.24, 2.45) is 0 Å². The van der Waals surface area contributed by atoms with Gasteiger partial charge in [0.05, 0.1) is 0 Å². The van der Waals surface area contributed by atoms with E-state index in [1.54, 1.807) is 0 Å². The lowest BCUT2D eigenvalue weighted by atomic mass is 10.1.